The summed E-state index contributed by atoms with van der Waals surface area (Å²) in [5.74, 6) is -0.424. The van der Waals surface area contributed by atoms with Crippen molar-refractivity contribution in [1.29, 1.82) is 0 Å². The number of likely N-dealkylation sites (N-methyl/N-ethyl adjacent to an activating group) is 1. The number of carbonyl (C=O) groups excluding carboxylic acids is 2. The lowest BCUT2D eigenvalue weighted by atomic mass is 10.1. The molecule has 0 aromatic carbocycles. The van der Waals surface area contributed by atoms with Crippen LogP contribution in [0.25, 0.3) is 0 Å². The number of hydrogen-bond acceptors (Lipinski definition) is 4. The lowest BCUT2D eigenvalue weighted by molar-refractivity contribution is -0.134. The molecule has 0 aromatic rings. The van der Waals surface area contributed by atoms with E-state index in [1.807, 2.05) is 0 Å². The highest BCUT2D eigenvalue weighted by Gasteiger charge is 2.20. The summed E-state index contributed by atoms with van der Waals surface area (Å²) in [5.41, 5.74) is 10.6. The number of unbranched alkanes of at least 4 members (excludes halogenated alkanes) is 1. The number of hydrogen-bond donors (Lipinski definition) is 3. The fraction of sp³-hybridized carbons (Fsp3) is 0.800. The van der Waals surface area contributed by atoms with Crippen molar-refractivity contribution in [2.75, 3.05) is 27.2 Å². The minimum atomic E-state index is -0.488. The topological polar surface area (TPSA) is 101 Å². The molecule has 2 amide bonds. The van der Waals surface area contributed by atoms with Gasteiger partial charge in [-0.05, 0) is 25.8 Å². The van der Waals surface area contributed by atoms with Gasteiger partial charge in [0.25, 0.3) is 0 Å². The van der Waals surface area contributed by atoms with Gasteiger partial charge in [-0.1, -0.05) is 0 Å². The lowest BCUT2D eigenvalue weighted by Gasteiger charge is -2.21. The zero-order valence-corrected chi connectivity index (χ0v) is 12.5. The average Bonchev–Trinajstić information content (AvgIpc) is 2.26. The van der Waals surface area contributed by atoms with Gasteiger partial charge in [-0.25, -0.2) is 0 Å². The SMILES string of the molecule is CN(C)C(=O)[C@H](CCCCN)NC(=O)CN.Cl.Cl. The molecule has 0 saturated carbocycles. The summed E-state index contributed by atoms with van der Waals surface area (Å²) < 4.78 is 0. The Labute approximate surface area is 121 Å². The summed E-state index contributed by atoms with van der Waals surface area (Å²) >= 11 is 0. The molecule has 0 spiro atoms. The van der Waals surface area contributed by atoms with Crippen LogP contribution in [-0.4, -0.2) is 49.9 Å². The molecule has 6 nitrogen and oxygen atoms in total. The van der Waals surface area contributed by atoms with Crippen molar-refractivity contribution in [3.05, 3.63) is 0 Å². The van der Waals surface area contributed by atoms with E-state index in [4.69, 9.17) is 11.5 Å². The molecular formula is C10H24Cl2N4O2. The third-order valence-corrected chi connectivity index (χ3v) is 2.21. The van der Waals surface area contributed by atoms with Gasteiger partial charge in [0.2, 0.25) is 11.8 Å². The van der Waals surface area contributed by atoms with Gasteiger partial charge in [0.15, 0.2) is 0 Å². The molecule has 0 unspecified atom stereocenters. The Morgan fingerprint density at radius 2 is 1.72 bits per heavy atom. The number of nitrogens with zero attached hydrogens (tertiary/aromatic N) is 1. The highest BCUT2D eigenvalue weighted by Crippen LogP contribution is 2.03. The van der Waals surface area contributed by atoms with Crippen LogP contribution in [0, 0.1) is 0 Å². The van der Waals surface area contributed by atoms with E-state index in [1.54, 1.807) is 14.1 Å². The summed E-state index contributed by atoms with van der Waals surface area (Å²) in [5, 5.41) is 2.61. The molecule has 0 aliphatic heterocycles. The zero-order valence-electron chi connectivity index (χ0n) is 10.8. The second kappa shape index (κ2) is 12.9. The standard InChI is InChI=1S/C10H22N4O2.2ClH/c1-14(2)10(16)8(5-3-4-6-11)13-9(15)7-12;;/h8H,3-7,11-12H2,1-2H3,(H,13,15);2*1H/t8-;;/m0../s1. The minimum Gasteiger partial charge on any atom is -0.347 e. The van der Waals surface area contributed by atoms with Crippen molar-refractivity contribution in [2.24, 2.45) is 11.5 Å². The molecule has 0 aromatic heterocycles. The largest absolute Gasteiger partial charge is 0.347 e. The van der Waals surface area contributed by atoms with E-state index in [2.05, 4.69) is 5.32 Å². The van der Waals surface area contributed by atoms with Gasteiger partial charge >= 0.3 is 0 Å². The molecule has 0 radical (unpaired) electrons. The first-order valence-corrected chi connectivity index (χ1v) is 5.43. The van der Waals surface area contributed by atoms with Crippen molar-refractivity contribution >= 4 is 36.6 Å². The summed E-state index contributed by atoms with van der Waals surface area (Å²) in [6, 6.07) is -0.488. The lowest BCUT2D eigenvalue weighted by Crippen LogP contribution is -2.48. The molecule has 0 bridgehead atoms. The molecule has 110 valence electrons. The van der Waals surface area contributed by atoms with Crippen LogP contribution in [0.15, 0.2) is 0 Å². The monoisotopic (exact) mass is 302 g/mol. The summed E-state index contributed by atoms with van der Waals surface area (Å²) in [7, 11) is 3.32. The van der Waals surface area contributed by atoms with E-state index in [-0.39, 0.29) is 43.2 Å². The van der Waals surface area contributed by atoms with Gasteiger partial charge in [0, 0.05) is 14.1 Å². The minimum absolute atomic E-state index is 0. The van der Waals surface area contributed by atoms with Crippen LogP contribution >= 0.6 is 24.8 Å². The van der Waals surface area contributed by atoms with Crippen LogP contribution in [0.2, 0.25) is 0 Å². The smallest absolute Gasteiger partial charge is 0.244 e. The maximum absolute atomic E-state index is 11.7. The fourth-order valence-corrected chi connectivity index (χ4v) is 1.32. The van der Waals surface area contributed by atoms with Crippen LogP contribution in [-0.2, 0) is 9.59 Å². The fourth-order valence-electron chi connectivity index (χ4n) is 1.32. The van der Waals surface area contributed by atoms with Gasteiger partial charge in [0.05, 0.1) is 6.54 Å². The molecule has 0 fully saturated rings. The Morgan fingerprint density at radius 1 is 1.17 bits per heavy atom. The van der Waals surface area contributed by atoms with Gasteiger partial charge in [0.1, 0.15) is 6.04 Å². The number of carbonyl (C=O) groups is 2. The summed E-state index contributed by atoms with van der Waals surface area (Å²) in [4.78, 5) is 24.3. The van der Waals surface area contributed by atoms with Crippen molar-refractivity contribution < 1.29 is 9.59 Å². The molecule has 8 heteroatoms. The Morgan fingerprint density at radius 3 is 2.11 bits per heavy atom. The van der Waals surface area contributed by atoms with Crippen molar-refractivity contribution in [3.8, 4) is 0 Å². The van der Waals surface area contributed by atoms with Crippen molar-refractivity contribution in [2.45, 2.75) is 25.3 Å². The van der Waals surface area contributed by atoms with Gasteiger partial charge in [-0.2, -0.15) is 0 Å². The molecule has 0 heterocycles. The molecule has 0 rings (SSSR count). The average molecular weight is 303 g/mol. The van der Waals surface area contributed by atoms with E-state index in [0.29, 0.717) is 13.0 Å². The van der Waals surface area contributed by atoms with E-state index < -0.39 is 6.04 Å². The van der Waals surface area contributed by atoms with Crippen LogP contribution in [0.4, 0.5) is 0 Å². The predicted octanol–water partition coefficient (Wildman–Crippen LogP) is -0.509. The molecule has 0 aliphatic rings. The normalized spacial score (nSPS) is 10.7. The third kappa shape index (κ3) is 9.47. The van der Waals surface area contributed by atoms with Crippen molar-refractivity contribution in [3.63, 3.8) is 0 Å². The quantitative estimate of drug-likeness (QED) is 0.551. The first-order chi connectivity index (χ1) is 7.52. The number of amides is 2. The van der Waals surface area contributed by atoms with Gasteiger partial charge in [-0.15, -0.1) is 24.8 Å². The van der Waals surface area contributed by atoms with E-state index in [0.717, 1.165) is 12.8 Å². The first kappa shape index (κ1) is 22.6. The van der Waals surface area contributed by atoms with Gasteiger partial charge < -0.3 is 21.7 Å². The summed E-state index contributed by atoms with van der Waals surface area (Å²) in [6.07, 6.45) is 2.25. The molecule has 0 saturated heterocycles. The molecule has 18 heavy (non-hydrogen) atoms. The molecule has 0 aliphatic carbocycles. The van der Waals surface area contributed by atoms with E-state index >= 15 is 0 Å². The second-order valence-electron chi connectivity index (χ2n) is 3.84. The third-order valence-electron chi connectivity index (χ3n) is 2.21. The Bertz CT molecular complexity index is 240. The summed E-state index contributed by atoms with van der Waals surface area (Å²) in [6.45, 7) is 0.488. The molecule has 5 N–H and O–H groups in total. The number of nitrogens with one attached hydrogen (secondary N) is 1. The van der Waals surface area contributed by atoms with Crippen LogP contribution in [0.3, 0.4) is 0 Å². The van der Waals surface area contributed by atoms with E-state index in [9.17, 15) is 9.59 Å². The predicted molar refractivity (Wildman–Crippen MR) is 77.1 cm³/mol. The van der Waals surface area contributed by atoms with Crippen LogP contribution < -0.4 is 16.8 Å². The Hall–Kier alpha value is -0.560. The maximum Gasteiger partial charge on any atom is 0.244 e. The highest BCUT2D eigenvalue weighted by atomic mass is 35.5. The number of halogens is 2. The second-order valence-corrected chi connectivity index (χ2v) is 3.84. The number of rotatable bonds is 7. The Balaban J connectivity index is -0.00000112. The highest BCUT2D eigenvalue weighted by molar-refractivity contribution is 5.88. The van der Waals surface area contributed by atoms with Crippen LogP contribution in [0.5, 0.6) is 0 Å². The van der Waals surface area contributed by atoms with Crippen molar-refractivity contribution in [1.82, 2.24) is 10.2 Å². The Kier molecular flexibility index (Phi) is 16.2. The van der Waals surface area contributed by atoms with E-state index in [1.165, 1.54) is 4.90 Å². The molecule has 1 atom stereocenters. The first-order valence-electron chi connectivity index (χ1n) is 5.43. The zero-order chi connectivity index (χ0) is 12.6. The van der Waals surface area contributed by atoms with Crippen LogP contribution in [0.1, 0.15) is 19.3 Å². The maximum atomic E-state index is 11.7. The molecular weight excluding hydrogens is 279 g/mol. The van der Waals surface area contributed by atoms with Gasteiger partial charge in [-0.3, -0.25) is 9.59 Å². The number of nitrogens with two attached hydrogens (primary N) is 2.